The molecule has 2 heterocycles. The number of carbonyl (C=O) groups is 2. The summed E-state index contributed by atoms with van der Waals surface area (Å²) in [4.78, 5) is 27.6. The smallest absolute Gasteiger partial charge is 0.256 e. The van der Waals surface area contributed by atoms with Crippen molar-refractivity contribution in [1.82, 2.24) is 4.90 Å². The number of hydrogen-bond donors (Lipinski definition) is 1. The van der Waals surface area contributed by atoms with Gasteiger partial charge in [-0.2, -0.15) is 11.8 Å². The molecule has 0 bridgehead atoms. The summed E-state index contributed by atoms with van der Waals surface area (Å²) in [6.45, 7) is 2.73. The molecule has 2 atom stereocenters. The van der Waals surface area contributed by atoms with E-state index >= 15 is 0 Å². The molecule has 4 nitrogen and oxygen atoms in total. The molecule has 0 radical (unpaired) electrons. The van der Waals surface area contributed by atoms with Crippen LogP contribution >= 0.6 is 11.8 Å². The molecule has 0 aromatic heterocycles. The van der Waals surface area contributed by atoms with Crippen LogP contribution in [0.2, 0.25) is 0 Å². The van der Waals surface area contributed by atoms with Crippen LogP contribution < -0.4 is 5.32 Å². The molecule has 128 valence electrons. The van der Waals surface area contributed by atoms with Crippen molar-refractivity contribution >= 4 is 29.3 Å². The second-order valence-corrected chi connectivity index (χ2v) is 7.86. The van der Waals surface area contributed by atoms with Crippen molar-refractivity contribution in [3.8, 4) is 11.1 Å². The second kappa shape index (κ2) is 6.56. The van der Waals surface area contributed by atoms with Gasteiger partial charge in [-0.15, -0.1) is 0 Å². The van der Waals surface area contributed by atoms with Crippen LogP contribution in [-0.4, -0.2) is 40.3 Å². The van der Waals surface area contributed by atoms with Gasteiger partial charge in [0.1, 0.15) is 6.04 Å². The Balaban J connectivity index is 1.74. The average molecular weight is 352 g/mol. The predicted molar refractivity (Wildman–Crippen MR) is 102 cm³/mol. The summed E-state index contributed by atoms with van der Waals surface area (Å²) in [6, 6.07) is 15.3. The highest BCUT2D eigenvalue weighted by Gasteiger charge is 2.44. The summed E-state index contributed by atoms with van der Waals surface area (Å²) in [7, 11) is 0. The van der Waals surface area contributed by atoms with Crippen molar-refractivity contribution in [2.24, 2.45) is 0 Å². The fourth-order valence-electron chi connectivity index (χ4n) is 3.69. The highest BCUT2D eigenvalue weighted by atomic mass is 32.2. The number of hydrogen-bond acceptors (Lipinski definition) is 3. The first-order valence-corrected chi connectivity index (χ1v) is 9.67. The van der Waals surface area contributed by atoms with Crippen molar-refractivity contribution in [3.63, 3.8) is 0 Å². The number of carbonyl (C=O) groups excluding carboxylic acids is 2. The topological polar surface area (TPSA) is 49.4 Å². The number of nitrogens with one attached hydrogen (secondary N) is 1. The molecule has 1 fully saturated rings. The van der Waals surface area contributed by atoms with Crippen LogP contribution in [0.25, 0.3) is 11.1 Å². The Morgan fingerprint density at radius 1 is 1.12 bits per heavy atom. The third-order valence-electron chi connectivity index (χ3n) is 4.87. The quantitative estimate of drug-likeness (QED) is 0.917. The molecule has 5 heteroatoms. The fourth-order valence-corrected chi connectivity index (χ4v) is 4.85. The van der Waals surface area contributed by atoms with E-state index in [0.29, 0.717) is 17.8 Å². The van der Waals surface area contributed by atoms with Gasteiger partial charge in [-0.05, 0) is 35.4 Å². The summed E-state index contributed by atoms with van der Waals surface area (Å²) in [6.07, 6.45) is 0.871. The van der Waals surface area contributed by atoms with Crippen molar-refractivity contribution in [3.05, 3.63) is 54.1 Å². The van der Waals surface area contributed by atoms with E-state index in [9.17, 15) is 9.59 Å². The molecule has 25 heavy (non-hydrogen) atoms. The van der Waals surface area contributed by atoms with E-state index in [4.69, 9.17) is 0 Å². The number of anilines is 1. The van der Waals surface area contributed by atoms with Gasteiger partial charge in [0.15, 0.2) is 0 Å². The molecule has 1 N–H and O–H groups in total. The van der Waals surface area contributed by atoms with Crippen LogP contribution in [0, 0.1) is 0 Å². The highest BCUT2D eigenvalue weighted by molar-refractivity contribution is 7.99. The van der Waals surface area contributed by atoms with Crippen LogP contribution in [0.1, 0.15) is 23.7 Å². The summed E-state index contributed by atoms with van der Waals surface area (Å²) >= 11 is 1.76. The molecule has 1 saturated heterocycles. The zero-order chi connectivity index (χ0) is 17.4. The van der Waals surface area contributed by atoms with Gasteiger partial charge in [0.2, 0.25) is 5.91 Å². The van der Waals surface area contributed by atoms with E-state index in [0.717, 1.165) is 23.3 Å². The maximum Gasteiger partial charge on any atom is 0.256 e. The van der Waals surface area contributed by atoms with Crippen LogP contribution in [0.15, 0.2) is 48.5 Å². The Morgan fingerprint density at radius 3 is 2.68 bits per heavy atom. The standard InChI is InChI=1S/C20H20N2O2S/c1-2-25-17-10-11-22-18(17)19(23)21-16-9-8-14(12-15(16)20(22)24)13-6-4-3-5-7-13/h3-9,12,17-18H,2,10-11H2,1H3,(H,21,23). The zero-order valence-electron chi connectivity index (χ0n) is 14.1. The second-order valence-electron chi connectivity index (χ2n) is 6.34. The van der Waals surface area contributed by atoms with Crippen LogP contribution in [0.3, 0.4) is 0 Å². The lowest BCUT2D eigenvalue weighted by Gasteiger charge is -2.23. The van der Waals surface area contributed by atoms with Crippen molar-refractivity contribution in [1.29, 1.82) is 0 Å². The molecule has 2 amide bonds. The van der Waals surface area contributed by atoms with E-state index in [1.54, 1.807) is 16.7 Å². The van der Waals surface area contributed by atoms with Gasteiger partial charge in [-0.3, -0.25) is 9.59 Å². The molecule has 2 aliphatic rings. The summed E-state index contributed by atoms with van der Waals surface area (Å²) in [5.41, 5.74) is 3.24. The third kappa shape index (κ3) is 2.82. The van der Waals surface area contributed by atoms with Crippen LogP contribution in [0.5, 0.6) is 0 Å². The maximum atomic E-state index is 13.1. The molecule has 4 rings (SSSR count). The lowest BCUT2D eigenvalue weighted by molar-refractivity contribution is -0.119. The normalized spacial score (nSPS) is 22.2. The Morgan fingerprint density at radius 2 is 1.92 bits per heavy atom. The van der Waals surface area contributed by atoms with Gasteiger partial charge in [0, 0.05) is 11.8 Å². The number of rotatable bonds is 3. The number of benzene rings is 2. The lowest BCUT2D eigenvalue weighted by Crippen LogP contribution is -2.44. The minimum Gasteiger partial charge on any atom is -0.325 e. The van der Waals surface area contributed by atoms with Crippen LogP contribution in [0.4, 0.5) is 5.69 Å². The monoisotopic (exact) mass is 352 g/mol. The molecular weight excluding hydrogens is 332 g/mol. The number of thioether (sulfide) groups is 1. The first kappa shape index (κ1) is 16.2. The van der Waals surface area contributed by atoms with Crippen molar-refractivity contribution < 1.29 is 9.59 Å². The molecule has 2 unspecified atom stereocenters. The average Bonchev–Trinajstić information content (AvgIpc) is 3.02. The minimum atomic E-state index is -0.370. The fraction of sp³-hybridized carbons (Fsp3) is 0.300. The van der Waals surface area contributed by atoms with Crippen LogP contribution in [-0.2, 0) is 4.79 Å². The molecule has 0 spiro atoms. The Labute approximate surface area is 151 Å². The van der Waals surface area contributed by atoms with Crippen molar-refractivity contribution in [2.75, 3.05) is 17.6 Å². The molecule has 0 saturated carbocycles. The summed E-state index contributed by atoms with van der Waals surface area (Å²) < 4.78 is 0. The first-order chi connectivity index (χ1) is 12.2. The number of nitrogens with zero attached hydrogens (tertiary/aromatic N) is 1. The predicted octanol–water partition coefficient (Wildman–Crippen LogP) is 3.64. The van der Waals surface area contributed by atoms with Crippen molar-refractivity contribution in [2.45, 2.75) is 24.6 Å². The van der Waals surface area contributed by atoms with Gasteiger partial charge in [-0.1, -0.05) is 43.3 Å². The molecular formula is C20H20N2O2S. The summed E-state index contributed by atoms with van der Waals surface area (Å²) in [5.74, 6) is 0.833. The van der Waals surface area contributed by atoms with Gasteiger partial charge < -0.3 is 10.2 Å². The van der Waals surface area contributed by atoms with E-state index in [1.165, 1.54) is 0 Å². The number of amides is 2. The first-order valence-electron chi connectivity index (χ1n) is 8.62. The Hall–Kier alpha value is -2.27. The molecule has 2 aromatic carbocycles. The van der Waals surface area contributed by atoms with Gasteiger partial charge >= 0.3 is 0 Å². The van der Waals surface area contributed by atoms with E-state index in [1.807, 2.05) is 48.5 Å². The zero-order valence-corrected chi connectivity index (χ0v) is 14.9. The minimum absolute atomic E-state index is 0.0460. The molecule has 2 aromatic rings. The van der Waals surface area contributed by atoms with Gasteiger partial charge in [-0.25, -0.2) is 0 Å². The maximum absolute atomic E-state index is 13.1. The largest absolute Gasteiger partial charge is 0.325 e. The molecule has 0 aliphatic carbocycles. The third-order valence-corrected chi connectivity index (χ3v) is 6.12. The lowest BCUT2D eigenvalue weighted by atomic mass is 10.0. The summed E-state index contributed by atoms with van der Waals surface area (Å²) in [5, 5.41) is 3.15. The van der Waals surface area contributed by atoms with Gasteiger partial charge in [0.25, 0.3) is 5.91 Å². The van der Waals surface area contributed by atoms with Gasteiger partial charge in [0.05, 0.1) is 11.3 Å². The SMILES string of the molecule is CCSC1CCN2C(=O)c3cc(-c4ccccc4)ccc3NC(=O)C12. The van der Waals surface area contributed by atoms with E-state index in [2.05, 4.69) is 12.2 Å². The Bertz CT molecular complexity index is 822. The molecule has 2 aliphatic heterocycles. The Kier molecular flexibility index (Phi) is 4.25. The highest BCUT2D eigenvalue weighted by Crippen LogP contribution is 2.35. The number of fused-ring (bicyclic) bond motifs is 2. The van der Waals surface area contributed by atoms with E-state index < -0.39 is 0 Å². The van der Waals surface area contributed by atoms with E-state index in [-0.39, 0.29) is 23.1 Å².